The summed E-state index contributed by atoms with van der Waals surface area (Å²) in [5, 5.41) is 25.6. The van der Waals surface area contributed by atoms with Crippen molar-refractivity contribution >= 4 is 17.4 Å². The number of aromatic nitrogens is 2. The average molecular weight is 413 g/mol. The number of anilines is 2. The molecule has 0 spiro atoms. The molecule has 2 aromatic heterocycles. The highest BCUT2D eigenvalue weighted by atomic mass is 16.3. The van der Waals surface area contributed by atoms with Crippen LogP contribution in [0.3, 0.4) is 0 Å². The predicted octanol–water partition coefficient (Wildman–Crippen LogP) is 3.65. The van der Waals surface area contributed by atoms with Gasteiger partial charge in [0, 0.05) is 30.8 Å². The molecule has 1 aliphatic carbocycles. The largest absolute Gasteiger partial charge is 0.393 e. The number of hydrogen-bond donors (Lipinski definition) is 3. The van der Waals surface area contributed by atoms with E-state index in [1.165, 1.54) is 0 Å². The minimum atomic E-state index is -0.657. The number of aliphatic hydroxyl groups excluding tert-OH is 1. The molecule has 0 bridgehead atoms. The molecule has 2 heterocycles. The summed E-state index contributed by atoms with van der Waals surface area (Å²) < 4.78 is 0. The highest BCUT2D eigenvalue weighted by Crippen LogP contribution is 2.41. The fourth-order valence-corrected chi connectivity index (χ4v) is 3.93. The van der Waals surface area contributed by atoms with Crippen LogP contribution in [0.15, 0.2) is 67.1 Å². The van der Waals surface area contributed by atoms with E-state index in [9.17, 15) is 15.2 Å². The number of benzene rings is 1. The summed E-state index contributed by atoms with van der Waals surface area (Å²) in [6.45, 7) is 0.524. The SMILES string of the molecule is N#CC1(c2ccc(NC(=O)c3cccnc3NCc3ccncc3)cc2)CC[C@@H](O)C1. The number of aliphatic hydroxyl groups is 1. The van der Waals surface area contributed by atoms with Gasteiger partial charge >= 0.3 is 0 Å². The number of nitriles is 1. The molecule has 1 amide bonds. The van der Waals surface area contributed by atoms with Gasteiger partial charge in [0.2, 0.25) is 0 Å². The van der Waals surface area contributed by atoms with Crippen LogP contribution in [0.25, 0.3) is 0 Å². The highest BCUT2D eigenvalue weighted by molar-refractivity contribution is 6.07. The number of nitrogens with one attached hydrogen (secondary N) is 2. The van der Waals surface area contributed by atoms with Crippen LogP contribution in [0, 0.1) is 11.3 Å². The Hall–Kier alpha value is -3.76. The second-order valence-electron chi connectivity index (χ2n) is 7.73. The molecule has 2 atom stereocenters. The summed E-state index contributed by atoms with van der Waals surface area (Å²) in [6.07, 6.45) is 6.34. The molecule has 156 valence electrons. The van der Waals surface area contributed by atoms with Crippen LogP contribution in [0.2, 0.25) is 0 Å². The summed E-state index contributed by atoms with van der Waals surface area (Å²) in [5.74, 6) is 0.223. The third-order valence-electron chi connectivity index (χ3n) is 5.66. The second-order valence-corrected chi connectivity index (χ2v) is 7.73. The highest BCUT2D eigenvalue weighted by Gasteiger charge is 2.40. The predicted molar refractivity (Wildman–Crippen MR) is 117 cm³/mol. The lowest BCUT2D eigenvalue weighted by atomic mass is 9.80. The van der Waals surface area contributed by atoms with Gasteiger partial charge < -0.3 is 15.7 Å². The van der Waals surface area contributed by atoms with E-state index in [1.54, 1.807) is 42.9 Å². The van der Waals surface area contributed by atoms with Crippen molar-refractivity contribution in [3.63, 3.8) is 0 Å². The summed E-state index contributed by atoms with van der Waals surface area (Å²) in [4.78, 5) is 21.2. The van der Waals surface area contributed by atoms with E-state index < -0.39 is 11.5 Å². The van der Waals surface area contributed by atoms with Gasteiger partial charge in [0.05, 0.1) is 23.2 Å². The van der Waals surface area contributed by atoms with Crippen molar-refractivity contribution in [2.75, 3.05) is 10.6 Å². The first-order chi connectivity index (χ1) is 15.1. The quantitative estimate of drug-likeness (QED) is 0.569. The smallest absolute Gasteiger partial charge is 0.259 e. The Morgan fingerprint density at radius 1 is 1.16 bits per heavy atom. The lowest BCUT2D eigenvalue weighted by Gasteiger charge is -2.21. The van der Waals surface area contributed by atoms with E-state index >= 15 is 0 Å². The summed E-state index contributed by atoms with van der Waals surface area (Å²) in [7, 11) is 0. The van der Waals surface area contributed by atoms with Crippen molar-refractivity contribution in [2.45, 2.75) is 37.3 Å². The molecule has 1 unspecified atom stereocenters. The van der Waals surface area contributed by atoms with E-state index in [0.29, 0.717) is 42.9 Å². The number of pyridine rings is 2. The second kappa shape index (κ2) is 8.94. The zero-order chi connectivity index (χ0) is 21.7. The molecule has 1 aromatic carbocycles. The maximum atomic E-state index is 12.9. The fourth-order valence-electron chi connectivity index (χ4n) is 3.93. The van der Waals surface area contributed by atoms with Crippen LogP contribution in [0.5, 0.6) is 0 Å². The van der Waals surface area contributed by atoms with Crippen molar-refractivity contribution in [3.05, 3.63) is 83.8 Å². The molecule has 0 saturated heterocycles. The molecule has 31 heavy (non-hydrogen) atoms. The van der Waals surface area contributed by atoms with Gasteiger partial charge in [-0.1, -0.05) is 12.1 Å². The molecule has 4 rings (SSSR count). The average Bonchev–Trinajstić information content (AvgIpc) is 3.21. The zero-order valence-corrected chi connectivity index (χ0v) is 17.0. The van der Waals surface area contributed by atoms with Crippen LogP contribution in [0.1, 0.15) is 40.7 Å². The van der Waals surface area contributed by atoms with E-state index in [2.05, 4.69) is 26.7 Å². The molecular weight excluding hydrogens is 390 g/mol. The maximum absolute atomic E-state index is 12.9. The first kappa shape index (κ1) is 20.5. The Balaban J connectivity index is 1.46. The number of nitrogens with zero attached hydrogens (tertiary/aromatic N) is 3. The first-order valence-electron chi connectivity index (χ1n) is 10.2. The van der Waals surface area contributed by atoms with Gasteiger partial charge in [-0.2, -0.15) is 5.26 Å². The van der Waals surface area contributed by atoms with Crippen LogP contribution < -0.4 is 10.6 Å². The van der Waals surface area contributed by atoms with Gasteiger partial charge in [0.15, 0.2) is 0 Å². The van der Waals surface area contributed by atoms with E-state index in [4.69, 9.17) is 0 Å². The summed E-state index contributed by atoms with van der Waals surface area (Å²) in [6, 6.07) is 16.9. The van der Waals surface area contributed by atoms with Crippen molar-refractivity contribution in [1.29, 1.82) is 5.26 Å². The van der Waals surface area contributed by atoms with Crippen molar-refractivity contribution in [3.8, 4) is 6.07 Å². The Morgan fingerprint density at radius 3 is 2.61 bits per heavy atom. The zero-order valence-electron chi connectivity index (χ0n) is 17.0. The van der Waals surface area contributed by atoms with Crippen LogP contribution in [0.4, 0.5) is 11.5 Å². The topological polar surface area (TPSA) is 111 Å². The van der Waals surface area contributed by atoms with Gasteiger partial charge in [-0.25, -0.2) is 4.98 Å². The van der Waals surface area contributed by atoms with Crippen molar-refractivity contribution in [1.82, 2.24) is 9.97 Å². The standard InChI is InChI=1S/C24H23N5O2/c25-16-24(10-7-20(30)14-24)18-3-5-19(6-4-18)29-23(31)21-2-1-11-27-22(21)28-15-17-8-12-26-13-9-17/h1-6,8-9,11-13,20,30H,7,10,14-15H2,(H,27,28)(H,29,31)/t20-,24?/m1/s1. The van der Waals surface area contributed by atoms with Gasteiger partial charge in [-0.3, -0.25) is 9.78 Å². The minimum absolute atomic E-state index is 0.274. The molecule has 1 saturated carbocycles. The lowest BCUT2D eigenvalue weighted by molar-refractivity contribution is 0.102. The number of rotatable bonds is 6. The Bertz CT molecular complexity index is 1090. The Labute approximate surface area is 180 Å². The van der Waals surface area contributed by atoms with Crippen molar-refractivity contribution < 1.29 is 9.90 Å². The van der Waals surface area contributed by atoms with Gasteiger partial charge in [-0.05, 0) is 66.8 Å². The monoisotopic (exact) mass is 413 g/mol. The van der Waals surface area contributed by atoms with Gasteiger partial charge in [-0.15, -0.1) is 0 Å². The Morgan fingerprint density at radius 2 is 1.94 bits per heavy atom. The molecule has 3 N–H and O–H groups in total. The van der Waals surface area contributed by atoms with Crippen LogP contribution in [-0.4, -0.2) is 27.1 Å². The molecular formula is C24H23N5O2. The normalized spacial score (nSPS) is 20.1. The minimum Gasteiger partial charge on any atom is -0.393 e. The Kier molecular flexibility index (Phi) is 5.92. The summed E-state index contributed by atoms with van der Waals surface area (Å²) in [5.41, 5.74) is 2.31. The molecule has 1 fully saturated rings. The summed E-state index contributed by atoms with van der Waals surface area (Å²) >= 11 is 0. The first-order valence-corrected chi connectivity index (χ1v) is 10.2. The molecule has 7 nitrogen and oxygen atoms in total. The number of hydrogen-bond acceptors (Lipinski definition) is 6. The van der Waals surface area contributed by atoms with Crippen LogP contribution >= 0.6 is 0 Å². The third-order valence-corrected chi connectivity index (χ3v) is 5.66. The van der Waals surface area contributed by atoms with Gasteiger partial charge in [0.25, 0.3) is 5.91 Å². The van der Waals surface area contributed by atoms with Crippen LogP contribution in [-0.2, 0) is 12.0 Å². The molecule has 0 aliphatic heterocycles. The third kappa shape index (κ3) is 4.55. The molecule has 3 aromatic rings. The maximum Gasteiger partial charge on any atom is 0.259 e. The molecule has 1 aliphatic rings. The number of carbonyl (C=O) groups excluding carboxylic acids is 1. The number of amides is 1. The molecule has 0 radical (unpaired) electrons. The fraction of sp³-hybridized carbons (Fsp3) is 0.250. The van der Waals surface area contributed by atoms with E-state index in [-0.39, 0.29) is 5.91 Å². The number of carbonyl (C=O) groups is 1. The van der Waals surface area contributed by atoms with E-state index in [1.807, 2.05) is 24.3 Å². The van der Waals surface area contributed by atoms with Crippen molar-refractivity contribution in [2.24, 2.45) is 0 Å². The molecule has 7 heteroatoms. The lowest BCUT2D eigenvalue weighted by Crippen LogP contribution is -2.21. The van der Waals surface area contributed by atoms with E-state index in [0.717, 1.165) is 11.1 Å². The van der Waals surface area contributed by atoms with Gasteiger partial charge in [0.1, 0.15) is 5.82 Å².